The Hall–Kier alpha value is -2.78. The number of aryl methyl sites for hydroxylation is 2. The van der Waals surface area contributed by atoms with E-state index >= 15 is 0 Å². The predicted octanol–water partition coefficient (Wildman–Crippen LogP) is 0.596. The minimum Gasteiger partial charge on any atom is -0.358 e. The van der Waals surface area contributed by atoms with Gasteiger partial charge in [-0.1, -0.05) is 0 Å². The van der Waals surface area contributed by atoms with E-state index in [0.29, 0.717) is 13.1 Å². The van der Waals surface area contributed by atoms with Gasteiger partial charge in [0.25, 0.3) is 0 Å². The average Bonchev–Trinajstić information content (AvgIpc) is 2.95. The van der Waals surface area contributed by atoms with E-state index in [2.05, 4.69) is 10.2 Å². The lowest BCUT2D eigenvalue weighted by Crippen LogP contribution is -2.08. The molecular formula is C8H8N6O4. The van der Waals surface area contributed by atoms with Gasteiger partial charge in [-0.2, -0.15) is 9.36 Å². The molecule has 0 aliphatic rings. The summed E-state index contributed by atoms with van der Waals surface area (Å²) in [5, 5.41) is 28.2. The summed E-state index contributed by atoms with van der Waals surface area (Å²) in [6, 6.07) is 2.57. The molecule has 0 N–H and O–H groups in total. The van der Waals surface area contributed by atoms with Crippen molar-refractivity contribution in [1.29, 1.82) is 0 Å². The zero-order valence-electron chi connectivity index (χ0n) is 9.04. The summed E-state index contributed by atoms with van der Waals surface area (Å²) in [5.41, 5.74) is 0. The van der Waals surface area contributed by atoms with Crippen molar-refractivity contribution in [3.63, 3.8) is 0 Å². The normalized spacial score (nSPS) is 10.4. The van der Waals surface area contributed by atoms with Gasteiger partial charge in [-0.25, -0.2) is 0 Å². The fraction of sp³-hybridized carbons (Fsp3) is 0.250. The molecule has 0 radical (unpaired) electrons. The predicted molar refractivity (Wildman–Crippen MR) is 57.8 cm³/mol. The lowest BCUT2D eigenvalue weighted by molar-refractivity contribution is -0.390. The summed E-state index contributed by atoms with van der Waals surface area (Å²) in [5.74, 6) is -0.470. The van der Waals surface area contributed by atoms with Crippen LogP contribution in [0.2, 0.25) is 0 Å². The van der Waals surface area contributed by atoms with Crippen LogP contribution in [-0.2, 0) is 13.1 Å². The van der Waals surface area contributed by atoms with E-state index < -0.39 is 9.85 Å². The second-order valence-corrected chi connectivity index (χ2v) is 3.39. The molecule has 2 rings (SSSR count). The Bertz CT molecular complexity index is 536. The van der Waals surface area contributed by atoms with Gasteiger partial charge < -0.3 is 20.2 Å². The molecule has 0 saturated heterocycles. The zero-order chi connectivity index (χ0) is 13.1. The largest absolute Gasteiger partial charge is 0.389 e. The first-order valence-electron chi connectivity index (χ1n) is 4.92. The lowest BCUT2D eigenvalue weighted by Gasteiger charge is -1.94. The standard InChI is InChI=1S/C8H8N6O4/c15-13(16)7-1-3-11(9-7)5-6-12-4-2-8(10-12)14(17)18/h1-4H,5-6H2. The van der Waals surface area contributed by atoms with Crippen LogP contribution in [0.5, 0.6) is 0 Å². The van der Waals surface area contributed by atoms with E-state index in [0.717, 1.165) is 0 Å². The van der Waals surface area contributed by atoms with Crippen LogP contribution in [0.3, 0.4) is 0 Å². The summed E-state index contributed by atoms with van der Waals surface area (Å²) in [7, 11) is 0. The van der Waals surface area contributed by atoms with Crippen molar-refractivity contribution in [3.05, 3.63) is 44.8 Å². The highest BCUT2D eigenvalue weighted by Gasteiger charge is 2.13. The first-order chi connectivity index (χ1) is 8.56. The number of hydrogen-bond acceptors (Lipinski definition) is 6. The van der Waals surface area contributed by atoms with Crippen LogP contribution in [0.15, 0.2) is 24.5 Å². The number of aromatic nitrogens is 4. The molecule has 0 bridgehead atoms. The van der Waals surface area contributed by atoms with Crippen LogP contribution >= 0.6 is 0 Å². The Morgan fingerprint density at radius 1 is 0.944 bits per heavy atom. The van der Waals surface area contributed by atoms with Crippen LogP contribution < -0.4 is 0 Å². The number of nitro groups is 2. The second-order valence-electron chi connectivity index (χ2n) is 3.39. The molecule has 0 aromatic carbocycles. The van der Waals surface area contributed by atoms with E-state index in [1.807, 2.05) is 0 Å². The summed E-state index contributed by atoms with van der Waals surface area (Å²) in [6.07, 6.45) is 2.94. The third-order valence-electron chi connectivity index (χ3n) is 2.19. The van der Waals surface area contributed by atoms with Gasteiger partial charge in [-0.3, -0.25) is 0 Å². The van der Waals surface area contributed by atoms with E-state index in [9.17, 15) is 20.2 Å². The Morgan fingerprint density at radius 3 is 1.61 bits per heavy atom. The van der Waals surface area contributed by atoms with Gasteiger partial charge >= 0.3 is 11.6 Å². The van der Waals surface area contributed by atoms with E-state index in [1.165, 1.54) is 33.9 Å². The topological polar surface area (TPSA) is 122 Å². The van der Waals surface area contributed by atoms with Crippen molar-refractivity contribution in [2.24, 2.45) is 0 Å². The lowest BCUT2D eigenvalue weighted by atomic mass is 10.6. The number of hydrogen-bond donors (Lipinski definition) is 0. The summed E-state index contributed by atoms with van der Waals surface area (Å²) >= 11 is 0. The Morgan fingerprint density at radius 2 is 1.33 bits per heavy atom. The van der Waals surface area contributed by atoms with Gasteiger partial charge in [0.15, 0.2) is 0 Å². The quantitative estimate of drug-likeness (QED) is 0.567. The minimum absolute atomic E-state index is 0.235. The number of rotatable bonds is 5. The third-order valence-corrected chi connectivity index (χ3v) is 2.19. The molecule has 10 heteroatoms. The Balaban J connectivity index is 1.97. The van der Waals surface area contributed by atoms with Crippen LogP contribution in [0.1, 0.15) is 0 Å². The highest BCUT2D eigenvalue weighted by Crippen LogP contribution is 2.07. The van der Waals surface area contributed by atoms with Gasteiger partial charge in [0.2, 0.25) is 0 Å². The fourth-order valence-corrected chi connectivity index (χ4v) is 1.35. The first-order valence-corrected chi connectivity index (χ1v) is 4.92. The van der Waals surface area contributed by atoms with Crippen molar-refractivity contribution in [2.45, 2.75) is 13.1 Å². The van der Waals surface area contributed by atoms with Gasteiger partial charge in [0.05, 0.1) is 47.8 Å². The molecule has 0 saturated carbocycles. The monoisotopic (exact) mass is 252 g/mol. The molecule has 2 aromatic heterocycles. The molecule has 94 valence electrons. The van der Waals surface area contributed by atoms with Crippen molar-refractivity contribution >= 4 is 11.6 Å². The maximum absolute atomic E-state index is 10.4. The van der Waals surface area contributed by atoms with Crippen molar-refractivity contribution in [3.8, 4) is 0 Å². The fourth-order valence-electron chi connectivity index (χ4n) is 1.35. The maximum atomic E-state index is 10.4. The Labute approximate surface area is 99.7 Å². The maximum Gasteiger partial charge on any atom is 0.389 e. The first kappa shape index (κ1) is 11.7. The molecule has 0 amide bonds. The molecule has 2 aromatic rings. The van der Waals surface area contributed by atoms with Gasteiger partial charge in [-0.15, -0.1) is 0 Å². The van der Waals surface area contributed by atoms with E-state index in [1.54, 1.807) is 0 Å². The van der Waals surface area contributed by atoms with Crippen molar-refractivity contribution in [1.82, 2.24) is 19.6 Å². The SMILES string of the molecule is O=[N+]([O-])c1ccn(CCn2ccc([N+](=O)[O-])n2)n1. The van der Waals surface area contributed by atoms with Crippen LogP contribution in [0, 0.1) is 20.2 Å². The summed E-state index contributed by atoms with van der Waals surface area (Å²) in [4.78, 5) is 19.6. The highest BCUT2D eigenvalue weighted by molar-refractivity contribution is 5.14. The Kier molecular flexibility index (Phi) is 3.00. The molecule has 10 nitrogen and oxygen atoms in total. The van der Waals surface area contributed by atoms with Crippen LogP contribution in [-0.4, -0.2) is 29.4 Å². The molecule has 0 spiro atoms. The highest BCUT2D eigenvalue weighted by atomic mass is 16.6. The average molecular weight is 252 g/mol. The van der Waals surface area contributed by atoms with Crippen LogP contribution in [0.25, 0.3) is 0 Å². The van der Waals surface area contributed by atoms with Crippen molar-refractivity contribution < 1.29 is 9.85 Å². The van der Waals surface area contributed by atoms with E-state index in [4.69, 9.17) is 0 Å². The molecule has 0 unspecified atom stereocenters. The third kappa shape index (κ3) is 2.48. The number of nitrogens with zero attached hydrogens (tertiary/aromatic N) is 6. The van der Waals surface area contributed by atoms with Crippen molar-refractivity contribution in [2.75, 3.05) is 0 Å². The zero-order valence-corrected chi connectivity index (χ0v) is 9.04. The summed E-state index contributed by atoms with van der Waals surface area (Å²) in [6.45, 7) is 0.680. The molecule has 0 fully saturated rings. The molecule has 0 aliphatic heterocycles. The molecular weight excluding hydrogens is 244 g/mol. The van der Waals surface area contributed by atoms with Gasteiger partial charge in [0.1, 0.15) is 0 Å². The second kappa shape index (κ2) is 4.61. The van der Waals surface area contributed by atoms with Gasteiger partial charge in [0, 0.05) is 0 Å². The van der Waals surface area contributed by atoms with Crippen LogP contribution in [0.4, 0.5) is 11.6 Å². The molecule has 0 aliphatic carbocycles. The van der Waals surface area contributed by atoms with Gasteiger partial charge in [-0.05, 0) is 9.85 Å². The molecule has 18 heavy (non-hydrogen) atoms. The smallest absolute Gasteiger partial charge is 0.358 e. The van der Waals surface area contributed by atoms with E-state index in [-0.39, 0.29) is 11.6 Å². The molecule has 2 heterocycles. The summed E-state index contributed by atoms with van der Waals surface area (Å²) < 4.78 is 2.76. The minimum atomic E-state index is -0.588. The molecule has 0 atom stereocenters.